The van der Waals surface area contributed by atoms with E-state index in [1.165, 1.54) is 20.8 Å². The monoisotopic (exact) mass is 403 g/mol. The second-order valence-electron chi connectivity index (χ2n) is 7.12. The van der Waals surface area contributed by atoms with Crippen LogP contribution in [0.25, 0.3) is 10.9 Å². The highest BCUT2D eigenvalue weighted by Crippen LogP contribution is 2.34. The van der Waals surface area contributed by atoms with Gasteiger partial charge in [-0.05, 0) is 24.6 Å². The van der Waals surface area contributed by atoms with E-state index in [2.05, 4.69) is 0 Å². The number of esters is 3. The molecule has 0 N–H and O–H groups in total. The van der Waals surface area contributed by atoms with Crippen molar-refractivity contribution in [2.75, 3.05) is 6.61 Å². The number of fused-ring (bicyclic) bond motifs is 1. The van der Waals surface area contributed by atoms with Crippen LogP contribution in [-0.2, 0) is 33.3 Å². The number of carbonyl (C=O) groups excluding carboxylic acids is 3. The van der Waals surface area contributed by atoms with Crippen LogP contribution in [0.15, 0.2) is 30.5 Å². The Labute approximate surface area is 168 Å². The van der Waals surface area contributed by atoms with Gasteiger partial charge in [-0.25, -0.2) is 0 Å². The summed E-state index contributed by atoms with van der Waals surface area (Å²) in [6, 6.07) is 7.95. The van der Waals surface area contributed by atoms with E-state index in [1.807, 2.05) is 42.0 Å². The quantitative estimate of drug-likeness (QED) is 0.560. The van der Waals surface area contributed by atoms with Gasteiger partial charge in [0, 0.05) is 38.8 Å². The smallest absolute Gasteiger partial charge is 0.303 e. The van der Waals surface area contributed by atoms with Gasteiger partial charge in [0.15, 0.2) is 6.10 Å². The van der Waals surface area contributed by atoms with Gasteiger partial charge in [0.05, 0.1) is 5.52 Å². The molecule has 0 amide bonds. The zero-order chi connectivity index (χ0) is 21.1. The van der Waals surface area contributed by atoms with Crippen molar-refractivity contribution in [1.29, 1.82) is 0 Å². The van der Waals surface area contributed by atoms with Crippen LogP contribution in [-0.4, -0.2) is 47.4 Å². The van der Waals surface area contributed by atoms with Crippen molar-refractivity contribution < 1.29 is 33.3 Å². The zero-order valence-electron chi connectivity index (χ0n) is 16.9. The summed E-state index contributed by atoms with van der Waals surface area (Å²) >= 11 is 0. The second kappa shape index (κ2) is 8.65. The van der Waals surface area contributed by atoms with Crippen molar-refractivity contribution in [3.8, 4) is 0 Å². The lowest BCUT2D eigenvalue weighted by Gasteiger charge is -2.40. The van der Waals surface area contributed by atoms with Crippen molar-refractivity contribution in [2.24, 2.45) is 0 Å². The minimum Gasteiger partial charge on any atom is -0.463 e. The molecular weight excluding hydrogens is 378 g/mol. The molecule has 1 aliphatic rings. The van der Waals surface area contributed by atoms with E-state index >= 15 is 0 Å². The Morgan fingerprint density at radius 3 is 2.45 bits per heavy atom. The highest BCUT2D eigenvalue weighted by Gasteiger charge is 2.44. The lowest BCUT2D eigenvalue weighted by atomic mass is 10.00. The number of ether oxygens (including phenoxy) is 4. The fraction of sp³-hybridized carbons (Fsp3) is 0.476. The molecule has 1 saturated heterocycles. The van der Waals surface area contributed by atoms with Gasteiger partial charge in [-0.15, -0.1) is 0 Å². The van der Waals surface area contributed by atoms with Gasteiger partial charge in [0.2, 0.25) is 0 Å². The molecule has 0 spiro atoms. The third kappa shape index (κ3) is 4.76. The van der Waals surface area contributed by atoms with Crippen LogP contribution in [0.5, 0.6) is 0 Å². The number of aryl methyl sites for hydroxylation is 1. The van der Waals surface area contributed by atoms with E-state index in [1.54, 1.807) is 0 Å². The first-order valence-corrected chi connectivity index (χ1v) is 9.45. The van der Waals surface area contributed by atoms with Crippen LogP contribution in [0.1, 0.15) is 39.0 Å². The number of nitrogens with zero attached hydrogens (tertiary/aromatic N) is 1. The Bertz CT molecular complexity index is 919. The summed E-state index contributed by atoms with van der Waals surface area (Å²) in [6.07, 6.45) is -0.707. The second-order valence-corrected chi connectivity index (χ2v) is 7.12. The maximum absolute atomic E-state index is 11.7. The van der Waals surface area contributed by atoms with Crippen molar-refractivity contribution in [3.05, 3.63) is 36.0 Å². The minimum absolute atomic E-state index is 0.125. The van der Waals surface area contributed by atoms with Crippen molar-refractivity contribution in [2.45, 2.75) is 58.7 Å². The molecule has 0 saturated carbocycles. The highest BCUT2D eigenvalue weighted by atomic mass is 16.6. The maximum atomic E-state index is 11.7. The molecule has 1 fully saturated rings. The molecule has 8 nitrogen and oxygen atoms in total. The lowest BCUT2D eigenvalue weighted by Crippen LogP contribution is -2.52. The molecular formula is C21H25NO7. The summed E-state index contributed by atoms with van der Waals surface area (Å²) in [4.78, 5) is 34.6. The molecule has 0 radical (unpaired) electrons. The fourth-order valence-corrected chi connectivity index (χ4v) is 3.68. The number of hydrogen-bond donors (Lipinski definition) is 0. The summed E-state index contributed by atoms with van der Waals surface area (Å²) in [7, 11) is 0. The molecule has 156 valence electrons. The first-order chi connectivity index (χ1) is 13.8. The van der Waals surface area contributed by atoms with Gasteiger partial charge in [0.1, 0.15) is 25.0 Å². The van der Waals surface area contributed by atoms with Gasteiger partial charge in [-0.1, -0.05) is 12.1 Å². The molecule has 1 aromatic carbocycles. The third-order valence-corrected chi connectivity index (χ3v) is 4.86. The number of carbonyl (C=O) groups is 3. The maximum Gasteiger partial charge on any atom is 0.303 e. The fourth-order valence-electron chi connectivity index (χ4n) is 3.68. The summed E-state index contributed by atoms with van der Waals surface area (Å²) in [5, 5.41) is 1.08. The van der Waals surface area contributed by atoms with Crippen LogP contribution in [0.2, 0.25) is 0 Å². The van der Waals surface area contributed by atoms with E-state index in [0.717, 1.165) is 16.5 Å². The highest BCUT2D eigenvalue weighted by molar-refractivity contribution is 5.83. The van der Waals surface area contributed by atoms with Crippen LogP contribution in [0, 0.1) is 6.92 Å². The predicted molar refractivity (Wildman–Crippen MR) is 103 cm³/mol. The van der Waals surface area contributed by atoms with Crippen molar-refractivity contribution in [3.63, 3.8) is 0 Å². The van der Waals surface area contributed by atoms with Crippen LogP contribution >= 0.6 is 0 Å². The van der Waals surface area contributed by atoms with Gasteiger partial charge in [-0.3, -0.25) is 14.4 Å². The standard InChI is InChI=1S/C21H25NO7/c1-12-6-5-7-17-16(12)8-9-22(17)20-10-18(27-14(3)24)21(28-15(4)25)19(29-20)11-26-13(2)23/h5-9,18-21H,10-11H2,1-4H3. The van der Waals surface area contributed by atoms with E-state index in [0.29, 0.717) is 0 Å². The van der Waals surface area contributed by atoms with E-state index < -0.39 is 42.4 Å². The van der Waals surface area contributed by atoms with E-state index in [9.17, 15) is 14.4 Å². The number of rotatable bonds is 5. The normalized spacial score (nSPS) is 24.1. The average molecular weight is 403 g/mol. The molecule has 2 aromatic rings. The Morgan fingerprint density at radius 1 is 1.07 bits per heavy atom. The van der Waals surface area contributed by atoms with Crippen LogP contribution < -0.4 is 0 Å². The van der Waals surface area contributed by atoms with Gasteiger partial charge >= 0.3 is 17.9 Å². The third-order valence-electron chi connectivity index (χ3n) is 4.86. The first kappa shape index (κ1) is 20.9. The minimum atomic E-state index is -0.879. The first-order valence-electron chi connectivity index (χ1n) is 9.45. The average Bonchev–Trinajstić information content (AvgIpc) is 3.06. The Balaban J connectivity index is 1.95. The number of hydrogen-bond acceptors (Lipinski definition) is 7. The summed E-state index contributed by atoms with van der Waals surface area (Å²) in [6.45, 7) is 5.75. The van der Waals surface area contributed by atoms with Gasteiger partial charge < -0.3 is 23.5 Å². The van der Waals surface area contributed by atoms with Crippen LogP contribution in [0.3, 0.4) is 0 Å². The molecule has 0 aliphatic carbocycles. The van der Waals surface area contributed by atoms with Gasteiger partial charge in [0.25, 0.3) is 0 Å². The predicted octanol–water partition coefficient (Wildman–Crippen LogP) is 2.66. The molecule has 1 aliphatic heterocycles. The van der Waals surface area contributed by atoms with E-state index in [4.69, 9.17) is 18.9 Å². The summed E-state index contributed by atoms with van der Waals surface area (Å²) in [5.41, 5.74) is 2.09. The molecule has 0 bridgehead atoms. The Morgan fingerprint density at radius 2 is 1.79 bits per heavy atom. The molecule has 1 aromatic heterocycles. The van der Waals surface area contributed by atoms with Crippen molar-refractivity contribution >= 4 is 28.8 Å². The van der Waals surface area contributed by atoms with Gasteiger partial charge in [-0.2, -0.15) is 0 Å². The topological polar surface area (TPSA) is 93.1 Å². The molecule has 8 heteroatoms. The molecule has 4 atom stereocenters. The number of aromatic nitrogens is 1. The molecule has 4 unspecified atom stereocenters. The summed E-state index contributed by atoms with van der Waals surface area (Å²) < 4.78 is 24.1. The van der Waals surface area contributed by atoms with E-state index in [-0.39, 0.29) is 13.0 Å². The zero-order valence-corrected chi connectivity index (χ0v) is 16.9. The van der Waals surface area contributed by atoms with Crippen molar-refractivity contribution in [1.82, 2.24) is 4.57 Å². The largest absolute Gasteiger partial charge is 0.463 e. The molecule has 3 rings (SSSR count). The number of benzene rings is 1. The van der Waals surface area contributed by atoms with Crippen LogP contribution in [0.4, 0.5) is 0 Å². The SMILES string of the molecule is CC(=O)OCC1OC(n2ccc3c(C)cccc32)CC(OC(C)=O)C1OC(C)=O. The lowest BCUT2D eigenvalue weighted by molar-refractivity contribution is -0.226. The summed E-state index contributed by atoms with van der Waals surface area (Å²) in [5.74, 6) is -1.51. The molecule has 2 heterocycles. The molecule has 29 heavy (non-hydrogen) atoms. The Hall–Kier alpha value is -2.87. The Kier molecular flexibility index (Phi) is 6.22.